The molecule has 0 saturated carbocycles. The van der Waals surface area contributed by atoms with E-state index in [1.807, 2.05) is 36.9 Å². The molecule has 1 heterocycles. The minimum absolute atomic E-state index is 0.246. The summed E-state index contributed by atoms with van der Waals surface area (Å²) >= 11 is 0. The van der Waals surface area contributed by atoms with Crippen LogP contribution >= 0.6 is 0 Å². The summed E-state index contributed by atoms with van der Waals surface area (Å²) in [6, 6.07) is 5.52. The van der Waals surface area contributed by atoms with Gasteiger partial charge in [0, 0.05) is 18.7 Å². The molecule has 0 aliphatic carbocycles. The van der Waals surface area contributed by atoms with Crippen molar-refractivity contribution < 1.29 is 14.7 Å². The Morgan fingerprint density at radius 2 is 2.00 bits per heavy atom. The summed E-state index contributed by atoms with van der Waals surface area (Å²) in [5, 5.41) is 12.5. The number of hydrogen-bond acceptors (Lipinski definition) is 4. The molecule has 0 aromatic heterocycles. The summed E-state index contributed by atoms with van der Waals surface area (Å²) in [6.07, 6.45) is 0. The van der Waals surface area contributed by atoms with Crippen LogP contribution in [-0.2, 0) is 0 Å². The highest BCUT2D eigenvalue weighted by atomic mass is 16.7. The Balaban J connectivity index is 2.32. The van der Waals surface area contributed by atoms with Crippen molar-refractivity contribution in [2.24, 2.45) is 5.16 Å². The lowest BCUT2D eigenvalue weighted by Crippen LogP contribution is -2.31. The van der Waals surface area contributed by atoms with Crippen molar-refractivity contribution in [3.8, 4) is 11.5 Å². The summed E-state index contributed by atoms with van der Waals surface area (Å²) in [5.74, 6) is 1.97. The third-order valence-electron chi connectivity index (χ3n) is 2.79. The molecule has 0 saturated heterocycles. The third-order valence-corrected chi connectivity index (χ3v) is 2.79. The van der Waals surface area contributed by atoms with E-state index in [2.05, 4.69) is 5.16 Å². The average molecular weight is 236 g/mol. The van der Waals surface area contributed by atoms with Gasteiger partial charge in [-0.2, -0.15) is 0 Å². The first-order valence-electron chi connectivity index (χ1n) is 5.67. The van der Waals surface area contributed by atoms with Crippen LogP contribution in [0.3, 0.4) is 0 Å². The van der Waals surface area contributed by atoms with E-state index >= 15 is 0 Å². The first-order valence-corrected chi connectivity index (χ1v) is 5.67. The normalized spacial score (nSPS) is 13.9. The Kier molecular flexibility index (Phi) is 3.37. The number of rotatable bonds is 3. The molecule has 0 unspecified atom stereocenters. The van der Waals surface area contributed by atoms with Gasteiger partial charge in [0.1, 0.15) is 0 Å². The minimum Gasteiger partial charge on any atom is -0.454 e. The van der Waals surface area contributed by atoms with Crippen LogP contribution in [0, 0.1) is 0 Å². The highest BCUT2D eigenvalue weighted by molar-refractivity contribution is 5.99. The fourth-order valence-corrected chi connectivity index (χ4v) is 1.86. The number of nitrogens with zero attached hydrogens (tertiary/aromatic N) is 2. The van der Waals surface area contributed by atoms with Crippen LogP contribution in [0.15, 0.2) is 23.4 Å². The van der Waals surface area contributed by atoms with Gasteiger partial charge in [-0.3, -0.25) is 0 Å². The molecular formula is C12H16N2O3. The number of benzene rings is 1. The van der Waals surface area contributed by atoms with Crippen LogP contribution in [0.2, 0.25) is 0 Å². The molecule has 1 aromatic carbocycles. The van der Waals surface area contributed by atoms with E-state index < -0.39 is 0 Å². The monoisotopic (exact) mass is 236 g/mol. The second-order valence-electron chi connectivity index (χ2n) is 3.66. The Morgan fingerprint density at radius 1 is 1.29 bits per heavy atom. The minimum atomic E-state index is 0.246. The van der Waals surface area contributed by atoms with Crippen LogP contribution in [0.1, 0.15) is 19.4 Å². The summed E-state index contributed by atoms with van der Waals surface area (Å²) in [4.78, 5) is 1.97. The number of hydrogen-bond donors (Lipinski definition) is 1. The van der Waals surface area contributed by atoms with Crippen LogP contribution < -0.4 is 9.47 Å². The van der Waals surface area contributed by atoms with Crippen LogP contribution in [0.25, 0.3) is 0 Å². The van der Waals surface area contributed by atoms with Gasteiger partial charge in [-0.05, 0) is 32.0 Å². The zero-order valence-electron chi connectivity index (χ0n) is 10.0. The molecule has 1 aliphatic rings. The predicted molar refractivity (Wildman–Crippen MR) is 63.8 cm³/mol. The molecule has 0 amide bonds. The van der Waals surface area contributed by atoms with Gasteiger partial charge >= 0.3 is 0 Å². The van der Waals surface area contributed by atoms with E-state index in [-0.39, 0.29) is 6.79 Å². The number of amidine groups is 1. The second-order valence-corrected chi connectivity index (χ2v) is 3.66. The molecule has 0 bridgehead atoms. The van der Waals surface area contributed by atoms with E-state index in [1.54, 1.807) is 0 Å². The Hall–Kier alpha value is -1.91. The lowest BCUT2D eigenvalue weighted by atomic mass is 10.1. The molecule has 92 valence electrons. The second kappa shape index (κ2) is 4.95. The lowest BCUT2D eigenvalue weighted by Gasteiger charge is -2.21. The number of fused-ring (bicyclic) bond motifs is 1. The van der Waals surface area contributed by atoms with Gasteiger partial charge in [-0.1, -0.05) is 5.16 Å². The first kappa shape index (κ1) is 11.6. The lowest BCUT2D eigenvalue weighted by molar-refractivity contribution is 0.174. The molecule has 1 aromatic rings. The zero-order chi connectivity index (χ0) is 12.3. The topological polar surface area (TPSA) is 54.3 Å². The molecule has 0 spiro atoms. The quantitative estimate of drug-likeness (QED) is 0.377. The molecule has 1 aliphatic heterocycles. The standard InChI is InChI=1S/C12H16N2O3/c1-3-14(4-2)12(13-15)9-5-6-10-11(7-9)17-8-16-10/h5-7,15H,3-4,8H2,1-2H3/b13-12+. The number of oxime groups is 1. The maximum Gasteiger partial charge on any atom is 0.231 e. The highest BCUT2D eigenvalue weighted by Gasteiger charge is 2.17. The van der Waals surface area contributed by atoms with E-state index in [1.165, 1.54) is 0 Å². The van der Waals surface area contributed by atoms with Gasteiger partial charge in [0.2, 0.25) is 6.79 Å². The Labute approximate surface area is 100 Å². The maximum atomic E-state index is 9.13. The van der Waals surface area contributed by atoms with Crippen molar-refractivity contribution >= 4 is 5.84 Å². The van der Waals surface area contributed by atoms with E-state index in [9.17, 15) is 0 Å². The van der Waals surface area contributed by atoms with Crippen LogP contribution in [0.4, 0.5) is 0 Å². The average Bonchev–Trinajstić information content (AvgIpc) is 2.82. The molecule has 0 atom stereocenters. The summed E-state index contributed by atoms with van der Waals surface area (Å²) in [5.41, 5.74) is 0.820. The van der Waals surface area contributed by atoms with Crippen molar-refractivity contribution in [1.82, 2.24) is 4.90 Å². The van der Waals surface area contributed by atoms with Gasteiger partial charge in [-0.25, -0.2) is 0 Å². The number of ether oxygens (including phenoxy) is 2. The summed E-state index contributed by atoms with van der Waals surface area (Å²) < 4.78 is 10.5. The van der Waals surface area contributed by atoms with Gasteiger partial charge in [0.15, 0.2) is 17.3 Å². The zero-order valence-corrected chi connectivity index (χ0v) is 10.0. The van der Waals surface area contributed by atoms with E-state index in [4.69, 9.17) is 14.7 Å². The largest absolute Gasteiger partial charge is 0.454 e. The predicted octanol–water partition coefficient (Wildman–Crippen LogP) is 1.89. The first-order chi connectivity index (χ1) is 8.30. The Bertz CT molecular complexity index is 428. The van der Waals surface area contributed by atoms with Gasteiger partial charge in [-0.15, -0.1) is 0 Å². The van der Waals surface area contributed by atoms with Crippen molar-refractivity contribution in [2.75, 3.05) is 19.9 Å². The van der Waals surface area contributed by atoms with Crippen LogP contribution in [0.5, 0.6) is 11.5 Å². The fourth-order valence-electron chi connectivity index (χ4n) is 1.86. The van der Waals surface area contributed by atoms with Gasteiger partial charge < -0.3 is 19.6 Å². The maximum absolute atomic E-state index is 9.13. The molecule has 1 N–H and O–H groups in total. The van der Waals surface area contributed by atoms with E-state index in [0.29, 0.717) is 11.6 Å². The molecule has 5 nitrogen and oxygen atoms in total. The Morgan fingerprint density at radius 3 is 2.65 bits per heavy atom. The summed E-state index contributed by atoms with van der Waals surface area (Å²) in [7, 11) is 0. The molecule has 0 radical (unpaired) electrons. The van der Waals surface area contributed by atoms with Crippen molar-refractivity contribution in [3.05, 3.63) is 23.8 Å². The fraction of sp³-hybridized carbons (Fsp3) is 0.417. The van der Waals surface area contributed by atoms with E-state index in [0.717, 1.165) is 24.4 Å². The smallest absolute Gasteiger partial charge is 0.231 e. The summed E-state index contributed by atoms with van der Waals surface area (Å²) in [6.45, 7) is 5.84. The van der Waals surface area contributed by atoms with Gasteiger partial charge in [0.05, 0.1) is 0 Å². The molecule has 0 fully saturated rings. The van der Waals surface area contributed by atoms with Crippen molar-refractivity contribution in [2.45, 2.75) is 13.8 Å². The van der Waals surface area contributed by atoms with Crippen molar-refractivity contribution in [1.29, 1.82) is 0 Å². The highest BCUT2D eigenvalue weighted by Crippen LogP contribution is 2.32. The molecule has 5 heteroatoms. The SMILES string of the molecule is CCN(CC)/C(=N/O)c1ccc2c(c1)OCO2. The molecular weight excluding hydrogens is 220 g/mol. The van der Waals surface area contributed by atoms with Gasteiger partial charge in [0.25, 0.3) is 0 Å². The third kappa shape index (κ3) is 2.13. The van der Waals surface area contributed by atoms with Crippen LogP contribution in [-0.4, -0.2) is 35.8 Å². The molecule has 17 heavy (non-hydrogen) atoms. The molecule has 2 rings (SSSR count). The van der Waals surface area contributed by atoms with Crippen molar-refractivity contribution in [3.63, 3.8) is 0 Å².